The number of hydrogen-bond acceptors (Lipinski definition) is 4. The Hall–Kier alpha value is -1.46. The molecule has 2 saturated carbocycles. The molecule has 3 fully saturated rings. The van der Waals surface area contributed by atoms with Gasteiger partial charge in [0.2, 0.25) is 5.91 Å². The lowest BCUT2D eigenvalue weighted by atomic mass is 9.79. The molecule has 25 heavy (non-hydrogen) atoms. The Balaban J connectivity index is 1.26. The third-order valence-corrected chi connectivity index (χ3v) is 7.17. The van der Waals surface area contributed by atoms with Crippen molar-refractivity contribution in [2.24, 2.45) is 5.92 Å². The zero-order chi connectivity index (χ0) is 16.8. The number of nitrogens with one attached hydrogen (secondary N) is 1. The monoisotopic (exact) mass is 355 g/mol. The molecule has 0 unspecified atom stereocenters. The first kappa shape index (κ1) is 15.8. The van der Waals surface area contributed by atoms with Crippen LogP contribution >= 0.6 is 11.3 Å². The molecule has 3 aliphatic rings. The van der Waals surface area contributed by atoms with Gasteiger partial charge in [0.05, 0.1) is 15.2 Å². The zero-order valence-electron chi connectivity index (χ0n) is 14.5. The van der Waals surface area contributed by atoms with Gasteiger partial charge in [0, 0.05) is 23.6 Å². The van der Waals surface area contributed by atoms with Gasteiger partial charge in [-0.25, -0.2) is 4.98 Å². The number of nitrogens with zero attached hydrogens (tertiary/aromatic N) is 2. The zero-order valence-corrected chi connectivity index (χ0v) is 15.4. The number of piperidine rings is 1. The van der Waals surface area contributed by atoms with E-state index < -0.39 is 0 Å². The molecular weight excluding hydrogens is 330 g/mol. The van der Waals surface area contributed by atoms with Gasteiger partial charge in [-0.3, -0.25) is 4.79 Å². The second kappa shape index (κ2) is 6.36. The van der Waals surface area contributed by atoms with Crippen LogP contribution in [0, 0.1) is 5.92 Å². The van der Waals surface area contributed by atoms with Gasteiger partial charge in [-0.05, 0) is 69.8 Å². The normalized spacial score (nSPS) is 27.2. The second-order valence-electron chi connectivity index (χ2n) is 7.92. The van der Waals surface area contributed by atoms with Gasteiger partial charge in [0.15, 0.2) is 0 Å². The number of carbonyl (C=O) groups excluding carboxylic acids is 1. The summed E-state index contributed by atoms with van der Waals surface area (Å²) >= 11 is 1.81. The lowest BCUT2D eigenvalue weighted by molar-refractivity contribution is -0.117. The van der Waals surface area contributed by atoms with Crippen molar-refractivity contribution in [1.82, 2.24) is 9.88 Å². The van der Waals surface area contributed by atoms with Crippen LogP contribution in [0.15, 0.2) is 18.2 Å². The van der Waals surface area contributed by atoms with Crippen LogP contribution in [0.2, 0.25) is 0 Å². The number of amides is 1. The van der Waals surface area contributed by atoms with E-state index in [9.17, 15) is 4.79 Å². The van der Waals surface area contributed by atoms with Crippen LogP contribution in [-0.4, -0.2) is 34.9 Å². The van der Waals surface area contributed by atoms with Crippen LogP contribution in [0.1, 0.15) is 55.9 Å². The largest absolute Gasteiger partial charge is 0.326 e. The summed E-state index contributed by atoms with van der Waals surface area (Å²) in [7, 11) is 0. The number of rotatable bonds is 4. The minimum absolute atomic E-state index is 0.174. The number of fused-ring (bicyclic) bond motifs is 1. The van der Waals surface area contributed by atoms with Crippen molar-refractivity contribution >= 4 is 33.1 Å². The Morgan fingerprint density at radius 2 is 1.96 bits per heavy atom. The summed E-state index contributed by atoms with van der Waals surface area (Å²) in [6, 6.07) is 6.92. The summed E-state index contributed by atoms with van der Waals surface area (Å²) in [5.41, 5.74) is 1.99. The fraction of sp³-hybridized carbons (Fsp3) is 0.600. The van der Waals surface area contributed by atoms with Crippen molar-refractivity contribution < 1.29 is 4.79 Å². The van der Waals surface area contributed by atoms with Gasteiger partial charge in [-0.15, -0.1) is 11.3 Å². The fourth-order valence-corrected chi connectivity index (χ4v) is 5.29. The molecule has 1 amide bonds. The molecule has 0 bridgehead atoms. The molecule has 5 heteroatoms. The first-order chi connectivity index (χ1) is 12.3. The van der Waals surface area contributed by atoms with Crippen LogP contribution < -0.4 is 5.32 Å². The lowest BCUT2D eigenvalue weighted by Crippen LogP contribution is -2.46. The van der Waals surface area contributed by atoms with Crippen LogP contribution in [0.3, 0.4) is 0 Å². The van der Waals surface area contributed by atoms with Crippen molar-refractivity contribution in [3.05, 3.63) is 23.2 Å². The number of hydrogen-bond donors (Lipinski definition) is 1. The van der Waals surface area contributed by atoms with Crippen LogP contribution in [0.25, 0.3) is 10.2 Å². The van der Waals surface area contributed by atoms with Gasteiger partial charge in [0.1, 0.15) is 0 Å². The fourth-order valence-electron chi connectivity index (χ4n) is 4.16. The van der Waals surface area contributed by atoms with Gasteiger partial charge in [0.25, 0.3) is 0 Å². The highest BCUT2D eigenvalue weighted by Crippen LogP contribution is 2.43. The molecule has 2 aliphatic carbocycles. The number of aromatic nitrogens is 1. The molecule has 2 aromatic rings. The summed E-state index contributed by atoms with van der Waals surface area (Å²) in [4.78, 5) is 19.5. The summed E-state index contributed by atoms with van der Waals surface area (Å²) in [6.45, 7) is 2.59. The van der Waals surface area contributed by atoms with E-state index in [4.69, 9.17) is 4.98 Å². The molecule has 2 heterocycles. The SMILES string of the molecule is O=C(Nc1ccc2nc([C@H]3C[C@H](N4CCCCC4)C3)sc2c1)C1CC1. The Morgan fingerprint density at radius 3 is 2.72 bits per heavy atom. The number of thiazole rings is 1. The van der Waals surface area contributed by atoms with E-state index >= 15 is 0 Å². The van der Waals surface area contributed by atoms with Crippen molar-refractivity contribution in [3.8, 4) is 0 Å². The molecule has 1 N–H and O–H groups in total. The van der Waals surface area contributed by atoms with Crippen molar-refractivity contribution in [3.63, 3.8) is 0 Å². The predicted molar refractivity (Wildman–Crippen MR) is 102 cm³/mol. The van der Waals surface area contributed by atoms with E-state index in [1.807, 2.05) is 17.4 Å². The average molecular weight is 356 g/mol. The Labute approximate surface area is 152 Å². The summed E-state index contributed by atoms with van der Waals surface area (Å²) < 4.78 is 1.20. The van der Waals surface area contributed by atoms with E-state index in [-0.39, 0.29) is 11.8 Å². The highest BCUT2D eigenvalue weighted by molar-refractivity contribution is 7.18. The third kappa shape index (κ3) is 3.20. The quantitative estimate of drug-likeness (QED) is 0.885. The minimum atomic E-state index is 0.174. The molecule has 132 valence electrons. The highest BCUT2D eigenvalue weighted by atomic mass is 32.1. The molecule has 0 atom stereocenters. The van der Waals surface area contributed by atoms with Gasteiger partial charge in [-0.2, -0.15) is 0 Å². The average Bonchev–Trinajstić information content (AvgIpc) is 3.35. The maximum absolute atomic E-state index is 11.9. The van der Waals surface area contributed by atoms with E-state index in [2.05, 4.69) is 22.3 Å². The Kier molecular flexibility index (Phi) is 4.01. The summed E-state index contributed by atoms with van der Waals surface area (Å²) in [5, 5.41) is 4.33. The molecule has 1 saturated heterocycles. The Bertz CT molecular complexity index is 785. The molecule has 5 rings (SSSR count). The Morgan fingerprint density at radius 1 is 1.16 bits per heavy atom. The van der Waals surface area contributed by atoms with Gasteiger partial charge in [-0.1, -0.05) is 6.42 Å². The minimum Gasteiger partial charge on any atom is -0.326 e. The molecule has 4 nitrogen and oxygen atoms in total. The molecule has 1 aromatic heterocycles. The summed E-state index contributed by atoms with van der Waals surface area (Å²) in [6.07, 6.45) is 8.77. The molecule has 1 aliphatic heterocycles. The van der Waals surface area contributed by atoms with Crippen LogP contribution in [0.5, 0.6) is 0 Å². The van der Waals surface area contributed by atoms with E-state index in [0.29, 0.717) is 5.92 Å². The van der Waals surface area contributed by atoms with E-state index in [1.165, 1.54) is 54.9 Å². The third-order valence-electron chi connectivity index (χ3n) is 5.99. The second-order valence-corrected chi connectivity index (χ2v) is 8.98. The first-order valence-electron chi connectivity index (χ1n) is 9.72. The van der Waals surface area contributed by atoms with Crippen molar-refractivity contribution in [1.29, 1.82) is 0 Å². The number of anilines is 1. The van der Waals surface area contributed by atoms with Gasteiger partial charge < -0.3 is 10.2 Å². The highest BCUT2D eigenvalue weighted by Gasteiger charge is 2.36. The van der Waals surface area contributed by atoms with E-state index in [1.54, 1.807) is 0 Å². The molecule has 0 radical (unpaired) electrons. The van der Waals surface area contributed by atoms with Crippen LogP contribution in [-0.2, 0) is 4.79 Å². The smallest absolute Gasteiger partial charge is 0.227 e. The number of likely N-dealkylation sites (tertiary alicyclic amines) is 1. The van der Waals surface area contributed by atoms with E-state index in [0.717, 1.165) is 30.1 Å². The molecule has 1 aromatic carbocycles. The van der Waals surface area contributed by atoms with Crippen molar-refractivity contribution in [2.45, 2.75) is 56.9 Å². The van der Waals surface area contributed by atoms with Crippen LogP contribution in [0.4, 0.5) is 5.69 Å². The topological polar surface area (TPSA) is 45.2 Å². The summed E-state index contributed by atoms with van der Waals surface area (Å²) in [5.74, 6) is 1.05. The standard InChI is InChI=1S/C20H25N3OS/c24-19(13-4-5-13)21-15-6-7-17-18(12-15)25-20(22-17)14-10-16(11-14)23-8-2-1-3-9-23/h6-7,12-14,16H,1-5,8-11H2,(H,21,24)/t14-,16-. The first-order valence-corrected chi connectivity index (χ1v) is 10.5. The number of carbonyl (C=O) groups is 1. The number of benzene rings is 1. The van der Waals surface area contributed by atoms with Crippen molar-refractivity contribution in [2.75, 3.05) is 18.4 Å². The maximum Gasteiger partial charge on any atom is 0.227 e. The maximum atomic E-state index is 11.9. The predicted octanol–water partition coefficient (Wildman–Crippen LogP) is 4.38. The molecule has 0 spiro atoms. The molecular formula is C20H25N3OS. The lowest BCUT2D eigenvalue weighted by Gasteiger charge is -2.43. The van der Waals surface area contributed by atoms with Gasteiger partial charge >= 0.3 is 0 Å².